The van der Waals surface area contributed by atoms with E-state index in [0.717, 1.165) is 19.4 Å². The van der Waals surface area contributed by atoms with Crippen LogP contribution in [0.25, 0.3) is 0 Å². The molecule has 1 saturated carbocycles. The van der Waals surface area contributed by atoms with E-state index in [-0.39, 0.29) is 5.56 Å². The summed E-state index contributed by atoms with van der Waals surface area (Å²) >= 11 is 5.90. The number of aromatic carboxylic acids is 1. The molecule has 0 aliphatic heterocycles. The van der Waals surface area contributed by atoms with E-state index >= 15 is 0 Å². The maximum atomic E-state index is 11.3. The van der Waals surface area contributed by atoms with Gasteiger partial charge >= 0.3 is 5.97 Å². The van der Waals surface area contributed by atoms with Crippen LogP contribution in [0.3, 0.4) is 0 Å². The Bertz CT molecular complexity index is 445. The van der Waals surface area contributed by atoms with Crippen molar-refractivity contribution < 1.29 is 9.90 Å². The largest absolute Gasteiger partial charge is 0.478 e. The monoisotopic (exact) mass is 268 g/mol. The van der Waals surface area contributed by atoms with Gasteiger partial charge in [-0.3, -0.25) is 0 Å². The molecule has 0 atom stereocenters. The Balaban J connectivity index is 2.39. The van der Waals surface area contributed by atoms with Crippen molar-refractivity contribution in [1.82, 2.24) is 4.98 Å². The van der Waals surface area contributed by atoms with Gasteiger partial charge in [-0.25, -0.2) is 9.78 Å². The van der Waals surface area contributed by atoms with Crippen LogP contribution >= 0.6 is 11.6 Å². The van der Waals surface area contributed by atoms with Gasteiger partial charge in [0.2, 0.25) is 0 Å². The number of hydrogen-bond donors (Lipinski definition) is 1. The summed E-state index contributed by atoms with van der Waals surface area (Å²) in [6, 6.07) is 3.45. The van der Waals surface area contributed by atoms with Crippen molar-refractivity contribution >= 4 is 23.4 Å². The molecular formula is C13H17ClN2O2. The molecule has 0 bridgehead atoms. The first-order chi connectivity index (χ1) is 8.63. The lowest BCUT2D eigenvalue weighted by Crippen LogP contribution is -2.35. The Morgan fingerprint density at radius 2 is 2.17 bits per heavy atom. The molecule has 5 heteroatoms. The average molecular weight is 269 g/mol. The molecule has 1 aromatic rings. The zero-order chi connectivity index (χ0) is 13.1. The van der Waals surface area contributed by atoms with E-state index in [2.05, 4.69) is 9.88 Å². The molecule has 0 radical (unpaired) electrons. The minimum absolute atomic E-state index is 0.230. The number of nitrogens with zero attached hydrogens (tertiary/aromatic N) is 2. The Labute approximate surface area is 112 Å². The lowest BCUT2D eigenvalue weighted by atomic mass is 10.1. The third-order valence-corrected chi connectivity index (χ3v) is 3.66. The topological polar surface area (TPSA) is 53.4 Å². The lowest BCUT2D eigenvalue weighted by Gasteiger charge is -2.29. The van der Waals surface area contributed by atoms with Gasteiger partial charge in [-0.15, -0.1) is 0 Å². The van der Waals surface area contributed by atoms with E-state index in [4.69, 9.17) is 11.6 Å². The Kier molecular flexibility index (Phi) is 4.07. The molecule has 1 aliphatic rings. The van der Waals surface area contributed by atoms with Gasteiger partial charge in [0, 0.05) is 12.6 Å². The van der Waals surface area contributed by atoms with Crippen LogP contribution in [0.15, 0.2) is 12.1 Å². The summed E-state index contributed by atoms with van der Waals surface area (Å²) in [5.74, 6) is -0.449. The lowest BCUT2D eigenvalue weighted by molar-refractivity contribution is 0.0697. The third-order valence-electron chi connectivity index (χ3n) is 3.45. The van der Waals surface area contributed by atoms with Crippen LogP contribution in [0.5, 0.6) is 0 Å². The molecule has 0 aromatic carbocycles. The van der Waals surface area contributed by atoms with Gasteiger partial charge in [-0.2, -0.15) is 0 Å². The standard InChI is InChI=1S/C13H17ClN2O2/c1-2-16(9-5-3-4-6-9)12-10(13(17)18)7-8-11(14)15-12/h7-9H,2-6H2,1H3,(H,17,18). The number of pyridine rings is 1. The molecule has 0 amide bonds. The van der Waals surface area contributed by atoms with Crippen LogP contribution in [0.2, 0.25) is 5.15 Å². The van der Waals surface area contributed by atoms with E-state index < -0.39 is 5.97 Å². The highest BCUT2D eigenvalue weighted by Crippen LogP contribution is 2.30. The molecule has 0 unspecified atom stereocenters. The highest BCUT2D eigenvalue weighted by molar-refractivity contribution is 6.29. The smallest absolute Gasteiger partial charge is 0.339 e. The maximum absolute atomic E-state index is 11.3. The van der Waals surface area contributed by atoms with Gasteiger partial charge in [0.05, 0.1) is 0 Å². The first kappa shape index (κ1) is 13.1. The van der Waals surface area contributed by atoms with Gasteiger partial charge in [0.25, 0.3) is 0 Å². The first-order valence-electron chi connectivity index (χ1n) is 6.30. The average Bonchev–Trinajstić information content (AvgIpc) is 2.83. The molecule has 0 spiro atoms. The molecule has 98 valence electrons. The van der Waals surface area contributed by atoms with Crippen molar-refractivity contribution in [2.45, 2.75) is 38.6 Å². The normalized spacial score (nSPS) is 15.9. The van der Waals surface area contributed by atoms with Gasteiger partial charge in [-0.05, 0) is 31.9 Å². The molecular weight excluding hydrogens is 252 g/mol. The van der Waals surface area contributed by atoms with Crippen molar-refractivity contribution in [2.24, 2.45) is 0 Å². The van der Waals surface area contributed by atoms with Crippen molar-refractivity contribution in [3.8, 4) is 0 Å². The molecule has 2 rings (SSSR count). The fourth-order valence-electron chi connectivity index (χ4n) is 2.61. The zero-order valence-electron chi connectivity index (χ0n) is 10.4. The van der Waals surface area contributed by atoms with Crippen molar-refractivity contribution in [2.75, 3.05) is 11.4 Å². The second kappa shape index (κ2) is 5.57. The highest BCUT2D eigenvalue weighted by Gasteiger charge is 2.26. The number of hydrogen-bond acceptors (Lipinski definition) is 3. The van der Waals surface area contributed by atoms with Crippen LogP contribution in [-0.2, 0) is 0 Å². The molecule has 1 aliphatic carbocycles. The number of halogens is 1. The van der Waals surface area contributed by atoms with E-state index in [1.54, 1.807) is 0 Å². The fourth-order valence-corrected chi connectivity index (χ4v) is 2.75. The number of anilines is 1. The Morgan fingerprint density at radius 3 is 2.72 bits per heavy atom. The molecule has 4 nitrogen and oxygen atoms in total. The predicted octanol–water partition coefficient (Wildman–Crippen LogP) is 3.20. The maximum Gasteiger partial charge on any atom is 0.339 e. The van der Waals surface area contributed by atoms with Gasteiger partial charge in [-0.1, -0.05) is 24.4 Å². The fraction of sp³-hybridized carbons (Fsp3) is 0.538. The Hall–Kier alpha value is -1.29. The van der Waals surface area contributed by atoms with Gasteiger partial charge in [0.1, 0.15) is 16.5 Å². The molecule has 1 aromatic heterocycles. The second-order valence-corrected chi connectivity index (χ2v) is 4.92. The minimum atomic E-state index is -0.953. The Morgan fingerprint density at radius 1 is 1.50 bits per heavy atom. The summed E-state index contributed by atoms with van der Waals surface area (Å²) in [4.78, 5) is 17.6. The SMILES string of the molecule is CCN(c1nc(Cl)ccc1C(=O)O)C1CCCC1. The molecule has 0 saturated heterocycles. The summed E-state index contributed by atoms with van der Waals surface area (Å²) in [7, 11) is 0. The van der Waals surface area contributed by atoms with Crippen molar-refractivity contribution in [3.05, 3.63) is 22.8 Å². The van der Waals surface area contributed by atoms with Crippen LogP contribution in [0, 0.1) is 0 Å². The summed E-state index contributed by atoms with van der Waals surface area (Å²) in [5.41, 5.74) is 0.230. The zero-order valence-corrected chi connectivity index (χ0v) is 11.2. The van der Waals surface area contributed by atoms with E-state index in [0.29, 0.717) is 17.0 Å². The van der Waals surface area contributed by atoms with E-state index in [1.807, 2.05) is 6.92 Å². The summed E-state index contributed by atoms with van der Waals surface area (Å²) < 4.78 is 0. The third kappa shape index (κ3) is 2.58. The second-order valence-electron chi connectivity index (χ2n) is 4.53. The molecule has 1 N–H and O–H groups in total. The highest BCUT2D eigenvalue weighted by atomic mass is 35.5. The number of carboxylic acid groups (broad SMARTS) is 1. The first-order valence-corrected chi connectivity index (χ1v) is 6.67. The molecule has 1 fully saturated rings. The van der Waals surface area contributed by atoms with Crippen molar-refractivity contribution in [1.29, 1.82) is 0 Å². The summed E-state index contributed by atoms with van der Waals surface area (Å²) in [5, 5.41) is 9.57. The number of carbonyl (C=O) groups is 1. The summed E-state index contributed by atoms with van der Waals surface area (Å²) in [6.45, 7) is 2.77. The summed E-state index contributed by atoms with van der Waals surface area (Å²) in [6.07, 6.45) is 4.59. The van der Waals surface area contributed by atoms with E-state index in [1.165, 1.54) is 25.0 Å². The van der Waals surface area contributed by atoms with E-state index in [9.17, 15) is 9.90 Å². The number of aromatic nitrogens is 1. The van der Waals surface area contributed by atoms with Crippen LogP contribution in [-0.4, -0.2) is 28.6 Å². The molecule has 1 heterocycles. The van der Waals surface area contributed by atoms with Crippen LogP contribution < -0.4 is 4.90 Å². The van der Waals surface area contributed by atoms with Crippen LogP contribution in [0.4, 0.5) is 5.82 Å². The number of rotatable bonds is 4. The van der Waals surface area contributed by atoms with Crippen molar-refractivity contribution in [3.63, 3.8) is 0 Å². The van der Waals surface area contributed by atoms with Gasteiger partial charge in [0.15, 0.2) is 0 Å². The quantitative estimate of drug-likeness (QED) is 0.852. The minimum Gasteiger partial charge on any atom is -0.478 e. The predicted molar refractivity (Wildman–Crippen MR) is 71.5 cm³/mol. The number of carboxylic acids is 1. The van der Waals surface area contributed by atoms with Gasteiger partial charge < -0.3 is 10.0 Å². The molecule has 18 heavy (non-hydrogen) atoms. The van der Waals surface area contributed by atoms with Crippen LogP contribution in [0.1, 0.15) is 43.0 Å².